The molecule has 0 amide bonds. The molecule has 1 aliphatic carbocycles. The van der Waals surface area contributed by atoms with E-state index in [4.69, 9.17) is 0 Å². The van der Waals surface area contributed by atoms with Crippen molar-refractivity contribution in [3.05, 3.63) is 0 Å². The Labute approximate surface area is 128 Å². The fraction of sp³-hybridized carbons (Fsp3) is 1.00. The molecule has 0 spiro atoms. The molecule has 1 saturated carbocycles. The van der Waals surface area contributed by atoms with Gasteiger partial charge in [0.25, 0.3) is 0 Å². The van der Waals surface area contributed by atoms with Crippen LogP contribution in [0.4, 0.5) is 0 Å². The monoisotopic (exact) mass is 281 g/mol. The summed E-state index contributed by atoms with van der Waals surface area (Å²) in [6.45, 7) is 16.7. The zero-order chi connectivity index (χ0) is 15.2. The maximum atomic E-state index is 3.71. The Morgan fingerprint density at radius 3 is 2.35 bits per heavy atom. The van der Waals surface area contributed by atoms with Crippen molar-refractivity contribution >= 4 is 0 Å². The topological polar surface area (TPSA) is 12.0 Å². The van der Waals surface area contributed by atoms with Gasteiger partial charge in [0.05, 0.1) is 0 Å². The first kappa shape index (κ1) is 18.0. The van der Waals surface area contributed by atoms with E-state index in [9.17, 15) is 0 Å². The zero-order valence-corrected chi connectivity index (χ0v) is 15.0. The van der Waals surface area contributed by atoms with Gasteiger partial charge >= 0.3 is 0 Å². The van der Waals surface area contributed by atoms with Gasteiger partial charge in [-0.1, -0.05) is 60.8 Å². The van der Waals surface area contributed by atoms with Gasteiger partial charge in [-0.15, -0.1) is 0 Å². The lowest BCUT2D eigenvalue weighted by Gasteiger charge is -2.41. The van der Waals surface area contributed by atoms with Gasteiger partial charge in [-0.2, -0.15) is 0 Å². The van der Waals surface area contributed by atoms with Crippen LogP contribution in [0.2, 0.25) is 0 Å². The average Bonchev–Trinajstić information content (AvgIpc) is 2.30. The van der Waals surface area contributed by atoms with Crippen LogP contribution in [0.3, 0.4) is 0 Å². The van der Waals surface area contributed by atoms with Crippen molar-refractivity contribution in [1.82, 2.24) is 5.32 Å². The van der Waals surface area contributed by atoms with E-state index in [0.717, 1.165) is 23.7 Å². The second kappa shape index (κ2) is 8.41. The molecule has 0 aromatic rings. The van der Waals surface area contributed by atoms with Gasteiger partial charge in [0, 0.05) is 0 Å². The lowest BCUT2D eigenvalue weighted by molar-refractivity contribution is 0.106. The molecule has 2 atom stereocenters. The molecule has 1 N–H and O–H groups in total. The second-order valence-electron chi connectivity index (χ2n) is 8.80. The maximum absolute atomic E-state index is 3.71. The molecule has 0 aromatic carbocycles. The lowest BCUT2D eigenvalue weighted by Crippen LogP contribution is -2.37. The molecule has 0 radical (unpaired) electrons. The zero-order valence-electron chi connectivity index (χ0n) is 15.0. The van der Waals surface area contributed by atoms with E-state index in [2.05, 4.69) is 46.9 Å². The molecule has 1 heteroatoms. The Balaban J connectivity index is 2.42. The predicted octanol–water partition coefficient (Wildman–Crippen LogP) is 5.50. The molecule has 0 bridgehead atoms. The standard InChI is InChI=1S/C19H39N/c1-15(2)8-7-9-17-12-19(5,6)11-10-18(17)14-20-13-16(3)4/h15-18,20H,7-14H2,1-6H3. The minimum atomic E-state index is 0.580. The Hall–Kier alpha value is -0.0400. The summed E-state index contributed by atoms with van der Waals surface area (Å²) < 4.78 is 0. The molecule has 0 saturated heterocycles. The molecule has 0 aromatic heterocycles. The highest BCUT2D eigenvalue weighted by Crippen LogP contribution is 2.43. The van der Waals surface area contributed by atoms with E-state index in [1.165, 1.54) is 51.6 Å². The van der Waals surface area contributed by atoms with Gasteiger partial charge in [0.1, 0.15) is 0 Å². The summed E-state index contributed by atoms with van der Waals surface area (Å²) in [4.78, 5) is 0. The van der Waals surface area contributed by atoms with E-state index in [1.807, 2.05) is 0 Å². The smallest absolute Gasteiger partial charge is 0.00177 e. The molecule has 120 valence electrons. The summed E-state index contributed by atoms with van der Waals surface area (Å²) in [7, 11) is 0. The minimum Gasteiger partial charge on any atom is -0.316 e. The third-order valence-corrected chi connectivity index (χ3v) is 4.99. The SMILES string of the molecule is CC(C)CCCC1CC(C)(C)CCC1CNCC(C)C. The first-order valence-corrected chi connectivity index (χ1v) is 9.01. The number of nitrogens with one attached hydrogen (secondary N) is 1. The quantitative estimate of drug-likeness (QED) is 0.619. The van der Waals surface area contributed by atoms with Crippen molar-refractivity contribution in [2.75, 3.05) is 13.1 Å². The number of hydrogen-bond acceptors (Lipinski definition) is 1. The molecule has 20 heavy (non-hydrogen) atoms. The lowest BCUT2D eigenvalue weighted by atomic mass is 9.65. The fourth-order valence-corrected chi connectivity index (χ4v) is 3.74. The average molecular weight is 282 g/mol. The molecular formula is C19H39N. The fourth-order valence-electron chi connectivity index (χ4n) is 3.74. The van der Waals surface area contributed by atoms with Crippen LogP contribution < -0.4 is 5.32 Å². The Kier molecular flexibility index (Phi) is 7.58. The highest BCUT2D eigenvalue weighted by molar-refractivity contribution is 4.86. The molecule has 1 fully saturated rings. The summed E-state index contributed by atoms with van der Waals surface area (Å²) in [6, 6.07) is 0. The van der Waals surface area contributed by atoms with Crippen LogP contribution in [0.15, 0.2) is 0 Å². The first-order valence-electron chi connectivity index (χ1n) is 9.01. The molecule has 1 nitrogen and oxygen atoms in total. The van der Waals surface area contributed by atoms with Gasteiger partial charge in [-0.05, 0) is 61.4 Å². The molecule has 1 rings (SSSR count). The summed E-state index contributed by atoms with van der Waals surface area (Å²) >= 11 is 0. The third-order valence-electron chi connectivity index (χ3n) is 4.99. The molecule has 0 aliphatic heterocycles. The van der Waals surface area contributed by atoms with Crippen LogP contribution in [-0.2, 0) is 0 Å². The van der Waals surface area contributed by atoms with Crippen molar-refractivity contribution in [3.63, 3.8) is 0 Å². The van der Waals surface area contributed by atoms with Gasteiger partial charge < -0.3 is 5.32 Å². The van der Waals surface area contributed by atoms with Gasteiger partial charge in [-0.3, -0.25) is 0 Å². The van der Waals surface area contributed by atoms with Crippen LogP contribution in [0.1, 0.15) is 80.1 Å². The van der Waals surface area contributed by atoms with Crippen LogP contribution >= 0.6 is 0 Å². The summed E-state index contributed by atoms with van der Waals surface area (Å²) in [5, 5.41) is 3.71. The Morgan fingerprint density at radius 2 is 1.75 bits per heavy atom. The highest BCUT2D eigenvalue weighted by atomic mass is 14.9. The van der Waals surface area contributed by atoms with E-state index < -0.39 is 0 Å². The maximum Gasteiger partial charge on any atom is -0.00177 e. The normalized spacial score (nSPS) is 26.4. The van der Waals surface area contributed by atoms with Crippen molar-refractivity contribution in [2.24, 2.45) is 29.1 Å². The van der Waals surface area contributed by atoms with Crippen molar-refractivity contribution in [2.45, 2.75) is 80.1 Å². The van der Waals surface area contributed by atoms with Crippen molar-refractivity contribution < 1.29 is 0 Å². The van der Waals surface area contributed by atoms with Crippen LogP contribution in [0, 0.1) is 29.1 Å². The van der Waals surface area contributed by atoms with Gasteiger partial charge in [0.2, 0.25) is 0 Å². The van der Waals surface area contributed by atoms with E-state index in [0.29, 0.717) is 5.41 Å². The van der Waals surface area contributed by atoms with Gasteiger partial charge in [0.15, 0.2) is 0 Å². The van der Waals surface area contributed by atoms with Gasteiger partial charge in [-0.25, -0.2) is 0 Å². The molecule has 2 unspecified atom stereocenters. The van der Waals surface area contributed by atoms with Crippen LogP contribution in [0.5, 0.6) is 0 Å². The predicted molar refractivity (Wildman–Crippen MR) is 91.0 cm³/mol. The summed E-state index contributed by atoms with van der Waals surface area (Å²) in [5.74, 6) is 3.52. The van der Waals surface area contributed by atoms with Crippen LogP contribution in [0.25, 0.3) is 0 Å². The molecule has 0 heterocycles. The van der Waals surface area contributed by atoms with E-state index in [1.54, 1.807) is 0 Å². The number of hydrogen-bond donors (Lipinski definition) is 1. The summed E-state index contributed by atoms with van der Waals surface area (Å²) in [5.41, 5.74) is 0.580. The van der Waals surface area contributed by atoms with Crippen LogP contribution in [-0.4, -0.2) is 13.1 Å². The largest absolute Gasteiger partial charge is 0.316 e. The van der Waals surface area contributed by atoms with Crippen molar-refractivity contribution in [1.29, 1.82) is 0 Å². The first-order chi connectivity index (χ1) is 9.30. The summed E-state index contributed by atoms with van der Waals surface area (Å²) in [6.07, 6.45) is 8.59. The Morgan fingerprint density at radius 1 is 1.05 bits per heavy atom. The number of rotatable bonds is 8. The molecule has 1 aliphatic rings. The molecular weight excluding hydrogens is 242 g/mol. The second-order valence-corrected chi connectivity index (χ2v) is 8.80. The highest BCUT2D eigenvalue weighted by Gasteiger charge is 2.34. The van der Waals surface area contributed by atoms with E-state index in [-0.39, 0.29) is 0 Å². The minimum absolute atomic E-state index is 0.580. The van der Waals surface area contributed by atoms with Crippen molar-refractivity contribution in [3.8, 4) is 0 Å². The van der Waals surface area contributed by atoms with E-state index >= 15 is 0 Å². The Bertz CT molecular complexity index is 254. The third kappa shape index (κ3) is 7.11.